The zero-order valence-corrected chi connectivity index (χ0v) is 14.0. The van der Waals surface area contributed by atoms with Crippen LogP contribution in [-0.4, -0.2) is 0 Å². The quantitative estimate of drug-likeness (QED) is 0.523. The van der Waals surface area contributed by atoms with Crippen molar-refractivity contribution in [3.63, 3.8) is 0 Å². The minimum Gasteiger partial charge on any atom is -0.117 e. The van der Waals surface area contributed by atoms with Crippen molar-refractivity contribution in [1.82, 2.24) is 0 Å². The van der Waals surface area contributed by atoms with E-state index in [9.17, 15) is 0 Å². The smallest absolute Gasteiger partial charge is 0.0641 e. The number of hydrogen-bond acceptors (Lipinski definition) is 0. The van der Waals surface area contributed by atoms with Gasteiger partial charge in [-0.05, 0) is 48.1 Å². The highest BCUT2D eigenvalue weighted by molar-refractivity contribution is 6.21. The van der Waals surface area contributed by atoms with E-state index >= 15 is 0 Å². The SMILES string of the molecule is CCCc1ccc(C(Cl)C2(CC(C)C)CCCC2)cc1. The summed E-state index contributed by atoms with van der Waals surface area (Å²) in [4.78, 5) is 0. The van der Waals surface area contributed by atoms with Crippen molar-refractivity contribution in [2.45, 2.75) is 71.1 Å². The van der Waals surface area contributed by atoms with Crippen LogP contribution < -0.4 is 0 Å². The van der Waals surface area contributed by atoms with Gasteiger partial charge in [-0.25, -0.2) is 0 Å². The maximum absolute atomic E-state index is 6.94. The number of hydrogen-bond donors (Lipinski definition) is 0. The molecule has 112 valence electrons. The van der Waals surface area contributed by atoms with Crippen LogP contribution in [-0.2, 0) is 6.42 Å². The third kappa shape index (κ3) is 3.58. The summed E-state index contributed by atoms with van der Waals surface area (Å²) >= 11 is 6.94. The Balaban J connectivity index is 2.16. The first-order valence-electron chi connectivity index (χ1n) is 8.30. The summed E-state index contributed by atoms with van der Waals surface area (Å²) in [5.41, 5.74) is 3.10. The van der Waals surface area contributed by atoms with Gasteiger partial charge in [0.2, 0.25) is 0 Å². The Morgan fingerprint density at radius 2 is 1.70 bits per heavy atom. The molecule has 1 aromatic carbocycles. The topological polar surface area (TPSA) is 0 Å². The maximum Gasteiger partial charge on any atom is 0.0641 e. The first-order chi connectivity index (χ1) is 9.57. The average Bonchev–Trinajstić information content (AvgIpc) is 2.88. The molecule has 1 saturated carbocycles. The van der Waals surface area contributed by atoms with E-state index in [2.05, 4.69) is 45.0 Å². The van der Waals surface area contributed by atoms with Gasteiger partial charge in [-0.15, -0.1) is 11.6 Å². The lowest BCUT2D eigenvalue weighted by Gasteiger charge is -2.36. The Labute approximate surface area is 129 Å². The molecule has 0 aromatic heterocycles. The molecule has 1 unspecified atom stereocenters. The third-order valence-electron chi connectivity index (χ3n) is 4.76. The van der Waals surface area contributed by atoms with E-state index in [0.717, 1.165) is 5.92 Å². The second kappa shape index (κ2) is 6.98. The van der Waals surface area contributed by atoms with Crippen LogP contribution in [0.5, 0.6) is 0 Å². The summed E-state index contributed by atoms with van der Waals surface area (Å²) in [6, 6.07) is 9.07. The van der Waals surface area contributed by atoms with Gasteiger partial charge in [0.1, 0.15) is 0 Å². The molecule has 0 N–H and O–H groups in total. The third-order valence-corrected chi connectivity index (χ3v) is 5.48. The molecule has 1 aliphatic rings. The van der Waals surface area contributed by atoms with Crippen LogP contribution in [0.1, 0.15) is 75.8 Å². The van der Waals surface area contributed by atoms with Crippen molar-refractivity contribution in [3.05, 3.63) is 35.4 Å². The molecule has 0 aliphatic heterocycles. The van der Waals surface area contributed by atoms with Crippen molar-refractivity contribution in [3.8, 4) is 0 Å². The Morgan fingerprint density at radius 1 is 1.10 bits per heavy atom. The summed E-state index contributed by atoms with van der Waals surface area (Å²) in [6.45, 7) is 6.89. The fraction of sp³-hybridized carbons (Fsp3) is 0.684. The van der Waals surface area contributed by atoms with Crippen LogP contribution in [0.15, 0.2) is 24.3 Å². The Kier molecular flexibility index (Phi) is 5.55. The standard InChI is InChI=1S/C19H29Cl/c1-4-7-16-8-10-17(11-9-16)18(20)19(14-15(2)3)12-5-6-13-19/h8-11,15,18H,4-7,12-14H2,1-3H3. The second-order valence-electron chi connectivity index (χ2n) is 7.02. The Bertz CT molecular complexity index is 398. The highest BCUT2D eigenvalue weighted by Gasteiger charge is 2.41. The largest absolute Gasteiger partial charge is 0.117 e. The van der Waals surface area contributed by atoms with E-state index < -0.39 is 0 Å². The van der Waals surface area contributed by atoms with Crippen LogP contribution in [0.4, 0.5) is 0 Å². The monoisotopic (exact) mass is 292 g/mol. The Hall–Kier alpha value is -0.490. The van der Waals surface area contributed by atoms with Crippen LogP contribution in [0.25, 0.3) is 0 Å². The highest BCUT2D eigenvalue weighted by Crippen LogP contribution is 2.54. The number of alkyl halides is 1. The summed E-state index contributed by atoms with van der Waals surface area (Å²) in [5, 5.41) is 0.183. The summed E-state index contributed by atoms with van der Waals surface area (Å²) in [7, 11) is 0. The number of rotatable bonds is 6. The number of halogens is 1. The van der Waals surface area contributed by atoms with Gasteiger partial charge in [0.05, 0.1) is 5.38 Å². The van der Waals surface area contributed by atoms with Gasteiger partial charge in [0, 0.05) is 0 Å². The Morgan fingerprint density at radius 3 is 2.20 bits per heavy atom. The zero-order valence-electron chi connectivity index (χ0n) is 13.3. The molecule has 0 spiro atoms. The fourth-order valence-corrected chi connectivity index (χ4v) is 4.40. The van der Waals surface area contributed by atoms with E-state index in [4.69, 9.17) is 11.6 Å². The first kappa shape index (κ1) is 15.9. The van der Waals surface area contributed by atoms with Crippen molar-refractivity contribution < 1.29 is 0 Å². The molecule has 20 heavy (non-hydrogen) atoms. The lowest BCUT2D eigenvalue weighted by molar-refractivity contribution is 0.223. The van der Waals surface area contributed by atoms with Crippen molar-refractivity contribution in [2.75, 3.05) is 0 Å². The van der Waals surface area contributed by atoms with Gasteiger partial charge in [-0.1, -0.05) is 64.3 Å². The molecule has 1 aromatic rings. The van der Waals surface area contributed by atoms with Gasteiger partial charge in [-0.3, -0.25) is 0 Å². The molecule has 0 bridgehead atoms. The van der Waals surface area contributed by atoms with E-state index in [1.165, 1.54) is 56.1 Å². The molecule has 0 nitrogen and oxygen atoms in total. The fourth-order valence-electron chi connectivity index (χ4n) is 3.95. The molecular formula is C19H29Cl. The highest BCUT2D eigenvalue weighted by atomic mass is 35.5. The van der Waals surface area contributed by atoms with Gasteiger partial charge < -0.3 is 0 Å². The average molecular weight is 293 g/mol. The molecule has 2 rings (SSSR count). The predicted octanol–water partition coefficient (Wildman–Crippen LogP) is 6.53. The zero-order chi connectivity index (χ0) is 14.6. The lowest BCUT2D eigenvalue weighted by Crippen LogP contribution is -2.24. The first-order valence-corrected chi connectivity index (χ1v) is 8.74. The summed E-state index contributed by atoms with van der Waals surface area (Å²) < 4.78 is 0. The molecular weight excluding hydrogens is 264 g/mol. The molecule has 0 amide bonds. The van der Waals surface area contributed by atoms with Gasteiger partial charge >= 0.3 is 0 Å². The van der Waals surface area contributed by atoms with Crippen molar-refractivity contribution in [1.29, 1.82) is 0 Å². The van der Waals surface area contributed by atoms with Gasteiger partial charge in [0.15, 0.2) is 0 Å². The van der Waals surface area contributed by atoms with Crippen molar-refractivity contribution >= 4 is 11.6 Å². The minimum atomic E-state index is 0.183. The maximum atomic E-state index is 6.94. The van der Waals surface area contributed by atoms with Crippen molar-refractivity contribution in [2.24, 2.45) is 11.3 Å². The molecule has 0 heterocycles. The summed E-state index contributed by atoms with van der Waals surface area (Å²) in [5.74, 6) is 0.730. The van der Waals surface area contributed by atoms with Crippen LogP contribution in [0.3, 0.4) is 0 Å². The normalized spacial score (nSPS) is 19.4. The molecule has 0 radical (unpaired) electrons. The van der Waals surface area contributed by atoms with E-state index in [1.54, 1.807) is 0 Å². The molecule has 1 heteroatoms. The molecule has 0 saturated heterocycles. The second-order valence-corrected chi connectivity index (χ2v) is 7.46. The van der Waals surface area contributed by atoms with E-state index in [1.807, 2.05) is 0 Å². The molecule has 1 fully saturated rings. The van der Waals surface area contributed by atoms with Gasteiger partial charge in [-0.2, -0.15) is 0 Å². The lowest BCUT2D eigenvalue weighted by atomic mass is 9.73. The van der Waals surface area contributed by atoms with E-state index in [-0.39, 0.29) is 5.38 Å². The van der Waals surface area contributed by atoms with Crippen LogP contribution in [0.2, 0.25) is 0 Å². The molecule has 1 aliphatic carbocycles. The molecule has 1 atom stereocenters. The number of aryl methyl sites for hydroxylation is 1. The minimum absolute atomic E-state index is 0.183. The predicted molar refractivity (Wildman–Crippen MR) is 89.4 cm³/mol. The van der Waals surface area contributed by atoms with Gasteiger partial charge in [0.25, 0.3) is 0 Å². The summed E-state index contributed by atoms with van der Waals surface area (Å²) in [6.07, 6.45) is 8.95. The van der Waals surface area contributed by atoms with E-state index in [0.29, 0.717) is 5.41 Å². The van der Waals surface area contributed by atoms with Crippen LogP contribution >= 0.6 is 11.6 Å². The number of benzene rings is 1. The van der Waals surface area contributed by atoms with Crippen LogP contribution in [0, 0.1) is 11.3 Å².